The number of carbonyl (C=O) groups excluding carboxylic acids is 1. The standard InChI is InChI=1S/C21H27N2O5P/c1-15(22)29(27,28)14-18(12-16-8-4-2-5-9-16)20(24)23-19(21(25)26)13-17-10-6-3-7-11-17/h2-11,15,18-19H,12-14,22H2,1H3,(H,23,24)(H,25,26)(H,27,28)/t15-,18-,19+/m1/s1. The van der Waals surface area contributed by atoms with Crippen LogP contribution in [0, 0.1) is 5.92 Å². The number of carboxylic acids is 1. The van der Waals surface area contributed by atoms with Gasteiger partial charge in [-0.05, 0) is 24.5 Å². The molecule has 0 radical (unpaired) electrons. The van der Waals surface area contributed by atoms with Gasteiger partial charge in [0.15, 0.2) is 0 Å². The second-order valence-electron chi connectivity index (χ2n) is 7.15. The average molecular weight is 418 g/mol. The number of carboxylic acid groups (broad SMARTS) is 1. The van der Waals surface area contributed by atoms with Gasteiger partial charge in [0, 0.05) is 12.6 Å². The van der Waals surface area contributed by atoms with E-state index in [1.165, 1.54) is 6.92 Å². The van der Waals surface area contributed by atoms with Gasteiger partial charge < -0.3 is 21.1 Å². The zero-order valence-electron chi connectivity index (χ0n) is 16.3. The van der Waals surface area contributed by atoms with E-state index in [9.17, 15) is 24.2 Å². The van der Waals surface area contributed by atoms with Gasteiger partial charge in [-0.3, -0.25) is 9.36 Å². The fraction of sp³-hybridized carbons (Fsp3) is 0.333. The normalized spacial score (nSPS) is 16.2. The van der Waals surface area contributed by atoms with Crippen LogP contribution in [0.15, 0.2) is 60.7 Å². The molecule has 29 heavy (non-hydrogen) atoms. The van der Waals surface area contributed by atoms with Crippen molar-refractivity contribution in [1.29, 1.82) is 0 Å². The van der Waals surface area contributed by atoms with Crippen molar-refractivity contribution < 1.29 is 24.2 Å². The molecular formula is C21H27N2O5P. The van der Waals surface area contributed by atoms with Gasteiger partial charge in [0.05, 0.1) is 11.7 Å². The minimum Gasteiger partial charge on any atom is -0.480 e. The molecule has 0 saturated carbocycles. The first-order chi connectivity index (χ1) is 13.7. The zero-order valence-corrected chi connectivity index (χ0v) is 17.2. The minimum atomic E-state index is -3.78. The maximum atomic E-state index is 12.9. The van der Waals surface area contributed by atoms with Gasteiger partial charge in [-0.15, -0.1) is 0 Å². The van der Waals surface area contributed by atoms with Crippen LogP contribution in [0.3, 0.4) is 0 Å². The van der Waals surface area contributed by atoms with E-state index in [1.807, 2.05) is 36.4 Å². The summed E-state index contributed by atoms with van der Waals surface area (Å²) < 4.78 is 12.5. The highest BCUT2D eigenvalue weighted by atomic mass is 31.2. The van der Waals surface area contributed by atoms with Gasteiger partial charge in [-0.25, -0.2) is 4.79 Å². The summed E-state index contributed by atoms with van der Waals surface area (Å²) in [5.41, 5.74) is 7.20. The van der Waals surface area contributed by atoms with Crippen LogP contribution in [0.1, 0.15) is 18.1 Å². The molecule has 7 nitrogen and oxygen atoms in total. The van der Waals surface area contributed by atoms with Crippen LogP contribution < -0.4 is 11.1 Å². The Hall–Kier alpha value is -2.47. The number of carbonyl (C=O) groups is 2. The molecular weight excluding hydrogens is 391 g/mol. The summed E-state index contributed by atoms with van der Waals surface area (Å²) in [7, 11) is -3.78. The first-order valence-corrected chi connectivity index (χ1v) is 11.3. The second-order valence-corrected chi connectivity index (χ2v) is 9.85. The number of amides is 1. The van der Waals surface area contributed by atoms with Crippen molar-refractivity contribution in [3.8, 4) is 0 Å². The third-order valence-corrected chi connectivity index (χ3v) is 6.95. The molecule has 0 aliphatic rings. The van der Waals surface area contributed by atoms with Gasteiger partial charge >= 0.3 is 5.97 Å². The van der Waals surface area contributed by atoms with E-state index in [-0.39, 0.29) is 19.0 Å². The molecule has 5 N–H and O–H groups in total. The highest BCUT2D eigenvalue weighted by Gasteiger charge is 2.33. The van der Waals surface area contributed by atoms with Crippen molar-refractivity contribution in [3.63, 3.8) is 0 Å². The molecule has 0 aliphatic heterocycles. The quantitative estimate of drug-likeness (QED) is 0.438. The summed E-state index contributed by atoms with van der Waals surface area (Å²) in [6, 6.07) is 16.9. The molecule has 0 spiro atoms. The van der Waals surface area contributed by atoms with Gasteiger partial charge in [-0.1, -0.05) is 60.7 Å². The van der Waals surface area contributed by atoms with E-state index < -0.39 is 37.0 Å². The molecule has 1 unspecified atom stereocenters. The van der Waals surface area contributed by atoms with E-state index in [1.54, 1.807) is 24.3 Å². The molecule has 2 aromatic carbocycles. The van der Waals surface area contributed by atoms with Crippen LogP contribution in [0.5, 0.6) is 0 Å². The fourth-order valence-corrected chi connectivity index (χ4v) is 4.22. The van der Waals surface area contributed by atoms with Crippen LogP contribution in [-0.2, 0) is 27.0 Å². The Labute approximate surface area is 170 Å². The molecule has 0 fully saturated rings. The molecule has 0 bridgehead atoms. The second kappa shape index (κ2) is 10.3. The van der Waals surface area contributed by atoms with E-state index >= 15 is 0 Å². The van der Waals surface area contributed by atoms with Crippen LogP contribution in [0.25, 0.3) is 0 Å². The first kappa shape index (κ1) is 22.8. The lowest BCUT2D eigenvalue weighted by atomic mass is 9.99. The third-order valence-electron chi connectivity index (χ3n) is 4.71. The van der Waals surface area contributed by atoms with Crippen LogP contribution in [0.4, 0.5) is 0 Å². The van der Waals surface area contributed by atoms with Crippen molar-refractivity contribution in [2.45, 2.75) is 31.6 Å². The Balaban J connectivity index is 2.19. The smallest absolute Gasteiger partial charge is 0.326 e. The number of aliphatic carboxylic acids is 1. The van der Waals surface area contributed by atoms with Crippen LogP contribution in [0.2, 0.25) is 0 Å². The summed E-state index contributed by atoms with van der Waals surface area (Å²) >= 11 is 0. The summed E-state index contributed by atoms with van der Waals surface area (Å²) in [4.78, 5) is 34.8. The van der Waals surface area contributed by atoms with Crippen LogP contribution >= 0.6 is 7.37 Å². The fourth-order valence-electron chi connectivity index (χ4n) is 2.96. The largest absolute Gasteiger partial charge is 0.480 e. The van der Waals surface area contributed by atoms with Crippen LogP contribution in [-0.4, -0.2) is 39.9 Å². The lowest BCUT2D eigenvalue weighted by Crippen LogP contribution is -2.46. The average Bonchev–Trinajstić information content (AvgIpc) is 2.68. The summed E-state index contributed by atoms with van der Waals surface area (Å²) in [5, 5.41) is 12.1. The monoisotopic (exact) mass is 418 g/mol. The lowest BCUT2D eigenvalue weighted by molar-refractivity contribution is -0.142. The molecule has 1 amide bonds. The predicted molar refractivity (Wildman–Crippen MR) is 112 cm³/mol. The van der Waals surface area contributed by atoms with Crippen molar-refractivity contribution in [3.05, 3.63) is 71.8 Å². The van der Waals surface area contributed by atoms with Gasteiger partial charge in [0.1, 0.15) is 6.04 Å². The first-order valence-electron chi connectivity index (χ1n) is 9.37. The topological polar surface area (TPSA) is 130 Å². The molecule has 0 aliphatic carbocycles. The van der Waals surface area contributed by atoms with E-state index in [2.05, 4.69) is 5.32 Å². The lowest BCUT2D eigenvalue weighted by Gasteiger charge is -2.24. The van der Waals surface area contributed by atoms with Crippen molar-refractivity contribution in [2.24, 2.45) is 11.7 Å². The van der Waals surface area contributed by atoms with E-state index in [4.69, 9.17) is 5.73 Å². The number of benzene rings is 2. The number of rotatable bonds is 10. The van der Waals surface area contributed by atoms with Gasteiger partial charge in [0.25, 0.3) is 0 Å². The molecule has 156 valence electrons. The molecule has 0 saturated heterocycles. The van der Waals surface area contributed by atoms with Gasteiger partial charge in [-0.2, -0.15) is 0 Å². The Morgan fingerprint density at radius 1 is 1.00 bits per heavy atom. The Bertz CT molecular complexity index is 858. The number of nitrogens with two attached hydrogens (primary N) is 1. The Morgan fingerprint density at radius 3 is 1.93 bits per heavy atom. The third kappa shape index (κ3) is 7.13. The molecule has 2 rings (SSSR count). The zero-order chi connectivity index (χ0) is 21.4. The minimum absolute atomic E-state index is 0.115. The molecule has 4 atom stereocenters. The molecule has 2 aromatic rings. The number of nitrogens with one attached hydrogen (secondary N) is 1. The summed E-state index contributed by atoms with van der Waals surface area (Å²) in [6.07, 6.45) is 0.00867. The maximum absolute atomic E-state index is 12.9. The maximum Gasteiger partial charge on any atom is 0.326 e. The highest BCUT2D eigenvalue weighted by Crippen LogP contribution is 2.45. The van der Waals surface area contributed by atoms with Crippen molar-refractivity contribution in [2.75, 3.05) is 6.16 Å². The predicted octanol–water partition coefficient (Wildman–Crippen LogP) is 2.23. The Kier molecular flexibility index (Phi) is 8.14. The number of hydrogen-bond acceptors (Lipinski definition) is 4. The Morgan fingerprint density at radius 2 is 1.48 bits per heavy atom. The molecule has 8 heteroatoms. The van der Waals surface area contributed by atoms with Crippen molar-refractivity contribution in [1.82, 2.24) is 5.32 Å². The van der Waals surface area contributed by atoms with E-state index in [0.29, 0.717) is 0 Å². The van der Waals surface area contributed by atoms with E-state index in [0.717, 1.165) is 11.1 Å². The summed E-state index contributed by atoms with van der Waals surface area (Å²) in [5.74, 6) is -3.60. The highest BCUT2D eigenvalue weighted by molar-refractivity contribution is 7.58. The molecule has 0 heterocycles. The summed E-state index contributed by atoms with van der Waals surface area (Å²) in [6.45, 7) is 1.42. The SMILES string of the molecule is C[C@H](N)P(=O)(O)C[C@@H](Cc1ccccc1)C(=O)N[C@@H](Cc1ccccc1)C(=O)O. The van der Waals surface area contributed by atoms with Gasteiger partial charge in [0.2, 0.25) is 13.3 Å². The molecule has 0 aromatic heterocycles. The number of hydrogen-bond donors (Lipinski definition) is 4. The van der Waals surface area contributed by atoms with Crippen molar-refractivity contribution >= 4 is 19.2 Å².